The Morgan fingerprint density at radius 1 is 0.885 bits per heavy atom. The zero-order valence-corrected chi connectivity index (χ0v) is 16.9. The fourth-order valence-corrected chi connectivity index (χ4v) is 4.47. The van der Waals surface area contributed by atoms with E-state index in [1.54, 1.807) is 0 Å². The van der Waals surface area contributed by atoms with Crippen LogP contribution < -0.4 is 0 Å². The van der Waals surface area contributed by atoms with Crippen molar-refractivity contribution in [3.05, 3.63) is 53.6 Å². The summed E-state index contributed by atoms with van der Waals surface area (Å²) in [5.41, 5.74) is 7.00. The van der Waals surface area contributed by atoms with Crippen LogP contribution >= 0.6 is 0 Å². The van der Waals surface area contributed by atoms with Crippen LogP contribution in [0, 0.1) is 0 Å². The molecule has 2 heteroatoms. The van der Waals surface area contributed by atoms with E-state index >= 15 is 0 Å². The quantitative estimate of drug-likeness (QED) is 0.509. The minimum absolute atomic E-state index is 0.216. The van der Waals surface area contributed by atoms with Gasteiger partial charge < -0.3 is 4.57 Å². The maximum atomic E-state index is 5.09. The maximum Gasteiger partial charge on any atom is 0.141 e. The molecule has 0 aliphatic heterocycles. The predicted octanol–water partition coefficient (Wildman–Crippen LogP) is 6.63. The summed E-state index contributed by atoms with van der Waals surface area (Å²) in [6.45, 7) is 14.0. The van der Waals surface area contributed by atoms with Gasteiger partial charge in [0.05, 0.1) is 11.0 Å². The molecule has 0 N–H and O–H groups in total. The number of aromatic nitrogens is 2. The highest BCUT2D eigenvalue weighted by Crippen LogP contribution is 2.47. The van der Waals surface area contributed by atoms with E-state index in [9.17, 15) is 0 Å². The second-order valence-corrected chi connectivity index (χ2v) is 9.42. The smallest absolute Gasteiger partial charge is 0.141 e. The second kappa shape index (κ2) is 5.70. The molecule has 0 amide bonds. The summed E-state index contributed by atoms with van der Waals surface area (Å²) in [6, 6.07) is 15.7. The van der Waals surface area contributed by atoms with Crippen molar-refractivity contribution in [3.8, 4) is 11.4 Å². The Kier molecular flexibility index (Phi) is 3.80. The molecule has 0 bridgehead atoms. The lowest BCUT2D eigenvalue weighted by Gasteiger charge is -2.41. The molecule has 0 atom stereocenters. The van der Waals surface area contributed by atoms with Crippen LogP contribution in [0.3, 0.4) is 0 Å². The van der Waals surface area contributed by atoms with E-state index in [1.165, 1.54) is 35.0 Å². The topological polar surface area (TPSA) is 17.8 Å². The Balaban J connectivity index is 2.05. The molecule has 3 aromatic rings. The molecule has 2 aromatic carbocycles. The van der Waals surface area contributed by atoms with Crippen LogP contribution in [-0.2, 0) is 10.8 Å². The number of nitrogens with zero attached hydrogens (tertiary/aromatic N) is 2. The van der Waals surface area contributed by atoms with Crippen LogP contribution in [0.1, 0.15) is 71.6 Å². The van der Waals surface area contributed by atoms with Crippen LogP contribution in [-0.4, -0.2) is 9.55 Å². The largest absolute Gasteiger partial charge is 0.321 e. The average Bonchev–Trinajstić information content (AvgIpc) is 2.98. The first-order chi connectivity index (χ1) is 12.2. The summed E-state index contributed by atoms with van der Waals surface area (Å²) in [5.74, 6) is 1.08. The lowest BCUT2D eigenvalue weighted by atomic mass is 9.63. The predicted molar refractivity (Wildman–Crippen MR) is 111 cm³/mol. The zero-order valence-electron chi connectivity index (χ0n) is 16.9. The zero-order chi connectivity index (χ0) is 18.7. The third kappa shape index (κ3) is 2.58. The van der Waals surface area contributed by atoms with Gasteiger partial charge in [0.1, 0.15) is 5.82 Å². The van der Waals surface area contributed by atoms with Crippen LogP contribution in [0.25, 0.3) is 22.4 Å². The van der Waals surface area contributed by atoms with Crippen LogP contribution in [0.2, 0.25) is 0 Å². The molecule has 0 saturated heterocycles. The molecule has 2 nitrogen and oxygen atoms in total. The summed E-state index contributed by atoms with van der Waals surface area (Å²) in [4.78, 5) is 5.09. The van der Waals surface area contributed by atoms with Gasteiger partial charge in [-0.1, -0.05) is 58.0 Å². The first-order valence-corrected chi connectivity index (χ1v) is 9.83. The number of benzene rings is 2. The minimum atomic E-state index is 0.216. The van der Waals surface area contributed by atoms with Crippen molar-refractivity contribution in [2.75, 3.05) is 0 Å². The normalized spacial score (nSPS) is 18.3. The number of hydrogen-bond acceptors (Lipinski definition) is 1. The highest BCUT2D eigenvalue weighted by molar-refractivity contribution is 5.83. The van der Waals surface area contributed by atoms with Crippen LogP contribution in [0.5, 0.6) is 0 Å². The lowest BCUT2D eigenvalue weighted by molar-refractivity contribution is 0.332. The van der Waals surface area contributed by atoms with Crippen molar-refractivity contribution in [2.45, 2.75) is 71.3 Å². The number of hydrogen-bond donors (Lipinski definition) is 0. The summed E-state index contributed by atoms with van der Waals surface area (Å²) in [6.07, 6.45) is 2.47. The van der Waals surface area contributed by atoms with Gasteiger partial charge >= 0.3 is 0 Å². The molecule has 0 unspecified atom stereocenters. The molecule has 0 spiro atoms. The van der Waals surface area contributed by atoms with Crippen molar-refractivity contribution in [1.29, 1.82) is 0 Å². The molecule has 26 heavy (non-hydrogen) atoms. The highest BCUT2D eigenvalue weighted by Gasteiger charge is 2.37. The standard InChI is InChI=1S/C24H30N2/c1-16(2)26-21-15-19-18(23(3,4)12-13-24(19,5)6)14-20(21)25-22(26)17-10-8-7-9-11-17/h7-11,14-16H,12-13H2,1-6H3. The SMILES string of the molecule is CC(C)n1c(-c2ccccc2)nc2cc3c(cc21)C(C)(C)CCC3(C)C. The molecule has 1 heterocycles. The summed E-state index contributed by atoms with van der Waals surface area (Å²) < 4.78 is 2.41. The second-order valence-electron chi connectivity index (χ2n) is 9.42. The van der Waals surface area contributed by atoms with E-state index in [0.29, 0.717) is 6.04 Å². The molecule has 0 fully saturated rings. The summed E-state index contributed by atoms with van der Waals surface area (Å²) >= 11 is 0. The van der Waals surface area contributed by atoms with Crippen molar-refractivity contribution >= 4 is 11.0 Å². The minimum Gasteiger partial charge on any atom is -0.321 e. The summed E-state index contributed by atoms with van der Waals surface area (Å²) in [5, 5.41) is 0. The van der Waals surface area contributed by atoms with E-state index in [2.05, 4.69) is 88.6 Å². The van der Waals surface area contributed by atoms with Crippen molar-refractivity contribution in [1.82, 2.24) is 9.55 Å². The van der Waals surface area contributed by atoms with E-state index in [1.807, 2.05) is 0 Å². The van der Waals surface area contributed by atoms with Gasteiger partial charge in [0.15, 0.2) is 0 Å². The van der Waals surface area contributed by atoms with Gasteiger partial charge in [-0.25, -0.2) is 4.98 Å². The van der Waals surface area contributed by atoms with Gasteiger partial charge in [0.25, 0.3) is 0 Å². The third-order valence-corrected chi connectivity index (χ3v) is 6.21. The molecule has 0 radical (unpaired) electrons. The van der Waals surface area contributed by atoms with Gasteiger partial charge in [-0.3, -0.25) is 0 Å². The van der Waals surface area contributed by atoms with Crippen molar-refractivity contribution in [2.24, 2.45) is 0 Å². The molecule has 1 aromatic heterocycles. The molecular formula is C24H30N2. The molecule has 1 aliphatic rings. The van der Waals surface area contributed by atoms with E-state index in [4.69, 9.17) is 4.98 Å². The Morgan fingerprint density at radius 2 is 1.46 bits per heavy atom. The average molecular weight is 347 g/mol. The number of fused-ring (bicyclic) bond motifs is 2. The van der Waals surface area contributed by atoms with Crippen LogP contribution in [0.15, 0.2) is 42.5 Å². The monoisotopic (exact) mass is 346 g/mol. The number of rotatable bonds is 2. The Labute approximate surface area is 157 Å². The van der Waals surface area contributed by atoms with Crippen LogP contribution in [0.4, 0.5) is 0 Å². The first kappa shape index (κ1) is 17.3. The van der Waals surface area contributed by atoms with Crippen molar-refractivity contribution in [3.63, 3.8) is 0 Å². The Hall–Kier alpha value is -2.09. The lowest BCUT2D eigenvalue weighted by Crippen LogP contribution is -2.33. The molecule has 1 aliphatic carbocycles. The van der Waals surface area contributed by atoms with Gasteiger partial charge in [-0.2, -0.15) is 0 Å². The molecule has 136 valence electrons. The maximum absolute atomic E-state index is 5.09. The van der Waals surface area contributed by atoms with Gasteiger partial charge in [0.2, 0.25) is 0 Å². The molecule has 0 saturated carbocycles. The third-order valence-electron chi connectivity index (χ3n) is 6.21. The highest BCUT2D eigenvalue weighted by atomic mass is 15.1. The first-order valence-electron chi connectivity index (χ1n) is 9.83. The fourth-order valence-electron chi connectivity index (χ4n) is 4.47. The Morgan fingerprint density at radius 3 is 2.04 bits per heavy atom. The molecule has 4 rings (SSSR count). The van der Waals surface area contributed by atoms with Gasteiger partial charge in [-0.05, 0) is 60.8 Å². The summed E-state index contributed by atoms with van der Waals surface area (Å²) in [7, 11) is 0. The van der Waals surface area contributed by atoms with Gasteiger partial charge in [0, 0.05) is 11.6 Å². The number of imidazole rings is 1. The Bertz CT molecular complexity index is 959. The molecular weight excluding hydrogens is 316 g/mol. The van der Waals surface area contributed by atoms with E-state index in [-0.39, 0.29) is 10.8 Å². The van der Waals surface area contributed by atoms with Gasteiger partial charge in [-0.15, -0.1) is 0 Å². The van der Waals surface area contributed by atoms with E-state index in [0.717, 1.165) is 11.3 Å². The van der Waals surface area contributed by atoms with Crippen molar-refractivity contribution < 1.29 is 0 Å². The fraction of sp³-hybridized carbons (Fsp3) is 0.458. The van der Waals surface area contributed by atoms with E-state index < -0.39 is 0 Å².